The van der Waals surface area contributed by atoms with Gasteiger partial charge in [0.1, 0.15) is 0 Å². The fourth-order valence-corrected chi connectivity index (χ4v) is 4.49. The first kappa shape index (κ1) is 24.2. The number of aryl methyl sites for hydroxylation is 1. The van der Waals surface area contributed by atoms with Crippen LogP contribution in [0.2, 0.25) is 0 Å². The summed E-state index contributed by atoms with van der Waals surface area (Å²) in [6.45, 7) is 6.90. The average molecular weight is 481 g/mol. The monoisotopic (exact) mass is 481 g/mol. The third-order valence-corrected chi connectivity index (χ3v) is 6.27. The van der Waals surface area contributed by atoms with Crippen molar-refractivity contribution in [3.63, 3.8) is 0 Å². The molecule has 1 fully saturated rings. The highest BCUT2D eigenvalue weighted by Crippen LogP contribution is 2.33. The molecule has 34 heavy (non-hydrogen) atoms. The Bertz CT molecular complexity index is 1150. The number of benzene rings is 2. The lowest BCUT2D eigenvalue weighted by Gasteiger charge is -2.36. The van der Waals surface area contributed by atoms with Crippen molar-refractivity contribution < 1.29 is 26.3 Å². The van der Waals surface area contributed by atoms with Crippen LogP contribution in [0.25, 0.3) is 5.69 Å². The van der Waals surface area contributed by atoms with Gasteiger partial charge in [0.15, 0.2) is 0 Å². The van der Waals surface area contributed by atoms with Gasteiger partial charge in [-0.1, -0.05) is 12.1 Å². The molecule has 4 rings (SSSR count). The molecule has 0 N–H and O–H groups in total. The predicted octanol–water partition coefficient (Wildman–Crippen LogP) is 6.45. The maximum Gasteiger partial charge on any atom is 0.416 e. The van der Waals surface area contributed by atoms with Crippen LogP contribution >= 0.6 is 0 Å². The van der Waals surface area contributed by atoms with Gasteiger partial charge in [-0.05, 0) is 61.9 Å². The Morgan fingerprint density at radius 1 is 0.706 bits per heavy atom. The van der Waals surface area contributed by atoms with Crippen LogP contribution in [0.4, 0.5) is 32.0 Å². The first-order valence-electron chi connectivity index (χ1n) is 10.9. The Morgan fingerprint density at radius 2 is 1.24 bits per heavy atom. The zero-order valence-electron chi connectivity index (χ0n) is 18.8. The summed E-state index contributed by atoms with van der Waals surface area (Å²) < 4.78 is 80.4. The van der Waals surface area contributed by atoms with E-state index in [1.807, 2.05) is 29.4 Å². The molecule has 0 bridgehead atoms. The van der Waals surface area contributed by atoms with E-state index < -0.39 is 23.5 Å². The molecule has 2 heterocycles. The molecular formula is C25H25F6N3. The summed E-state index contributed by atoms with van der Waals surface area (Å²) in [6, 6.07) is 12.6. The summed E-state index contributed by atoms with van der Waals surface area (Å²) in [5.74, 6) is 0. The van der Waals surface area contributed by atoms with E-state index >= 15 is 0 Å². The number of anilines is 1. The number of piperazine rings is 1. The Hall–Kier alpha value is -2.94. The van der Waals surface area contributed by atoms with Crippen LogP contribution in [0.15, 0.2) is 54.6 Å². The zero-order valence-corrected chi connectivity index (χ0v) is 18.8. The van der Waals surface area contributed by atoms with Crippen molar-refractivity contribution in [3.05, 3.63) is 82.7 Å². The molecule has 1 saturated heterocycles. The van der Waals surface area contributed by atoms with Crippen LogP contribution in [0.1, 0.15) is 28.1 Å². The summed E-state index contributed by atoms with van der Waals surface area (Å²) in [5.41, 5.74) is 2.40. The van der Waals surface area contributed by atoms with E-state index in [1.54, 1.807) is 12.1 Å². The van der Waals surface area contributed by atoms with E-state index in [2.05, 4.69) is 4.90 Å². The molecule has 0 amide bonds. The van der Waals surface area contributed by atoms with E-state index in [0.717, 1.165) is 35.2 Å². The van der Waals surface area contributed by atoms with E-state index in [1.165, 1.54) is 18.2 Å². The molecule has 0 saturated carbocycles. The molecule has 2 aromatic carbocycles. The molecule has 0 atom stereocenters. The maximum atomic E-state index is 13.2. The maximum absolute atomic E-state index is 13.2. The van der Waals surface area contributed by atoms with Crippen molar-refractivity contribution in [2.75, 3.05) is 31.1 Å². The summed E-state index contributed by atoms with van der Waals surface area (Å²) in [5, 5.41) is 0. The second kappa shape index (κ2) is 9.02. The van der Waals surface area contributed by atoms with Crippen molar-refractivity contribution >= 4 is 5.69 Å². The molecular weight excluding hydrogens is 456 g/mol. The van der Waals surface area contributed by atoms with Gasteiger partial charge in [0.25, 0.3) is 0 Å². The van der Waals surface area contributed by atoms with Gasteiger partial charge in [0, 0.05) is 55.5 Å². The molecule has 3 nitrogen and oxygen atoms in total. The number of hydrogen-bond donors (Lipinski definition) is 0. The number of alkyl halides is 6. The van der Waals surface area contributed by atoms with Gasteiger partial charge in [0.2, 0.25) is 0 Å². The molecule has 0 spiro atoms. The van der Waals surface area contributed by atoms with Gasteiger partial charge in [-0.25, -0.2) is 0 Å². The van der Waals surface area contributed by atoms with Crippen molar-refractivity contribution in [1.29, 1.82) is 0 Å². The molecule has 182 valence electrons. The summed E-state index contributed by atoms with van der Waals surface area (Å²) in [6.07, 6.45) is -8.78. The lowest BCUT2D eigenvalue weighted by Crippen LogP contribution is -2.46. The van der Waals surface area contributed by atoms with Crippen LogP contribution in [-0.4, -0.2) is 35.6 Å². The lowest BCUT2D eigenvalue weighted by molar-refractivity contribution is -0.138. The van der Waals surface area contributed by atoms with E-state index in [9.17, 15) is 26.3 Å². The standard InChI is InChI=1S/C25H25F6N3/c1-17-13-19(18(2)34(17)23-8-4-6-21(15-23)25(29,30)31)16-32-9-11-33(12-10-32)22-7-3-5-20(14-22)24(26,27)28/h3-8,13-15H,9-12,16H2,1-2H3. The van der Waals surface area contributed by atoms with E-state index in [0.29, 0.717) is 44.1 Å². The summed E-state index contributed by atoms with van der Waals surface area (Å²) in [4.78, 5) is 4.15. The minimum absolute atomic E-state index is 0.463. The summed E-state index contributed by atoms with van der Waals surface area (Å²) in [7, 11) is 0. The highest BCUT2D eigenvalue weighted by molar-refractivity contribution is 5.50. The highest BCUT2D eigenvalue weighted by atomic mass is 19.4. The van der Waals surface area contributed by atoms with Crippen molar-refractivity contribution in [3.8, 4) is 5.69 Å². The fraction of sp³-hybridized carbons (Fsp3) is 0.360. The second-order valence-electron chi connectivity index (χ2n) is 8.59. The van der Waals surface area contributed by atoms with Gasteiger partial charge in [-0.2, -0.15) is 26.3 Å². The van der Waals surface area contributed by atoms with Crippen molar-refractivity contribution in [2.24, 2.45) is 0 Å². The molecule has 0 unspecified atom stereocenters. The largest absolute Gasteiger partial charge is 0.416 e. The quantitative estimate of drug-likeness (QED) is 0.397. The van der Waals surface area contributed by atoms with Gasteiger partial charge in [-0.15, -0.1) is 0 Å². The average Bonchev–Trinajstić information content (AvgIpc) is 3.06. The molecule has 1 aromatic heterocycles. The molecule has 9 heteroatoms. The zero-order chi connectivity index (χ0) is 24.7. The van der Waals surface area contributed by atoms with Crippen LogP contribution in [0.3, 0.4) is 0 Å². The molecule has 1 aliphatic rings. The van der Waals surface area contributed by atoms with E-state index in [4.69, 9.17) is 0 Å². The first-order chi connectivity index (χ1) is 15.9. The van der Waals surface area contributed by atoms with Crippen LogP contribution in [0, 0.1) is 13.8 Å². The van der Waals surface area contributed by atoms with Gasteiger partial charge < -0.3 is 9.47 Å². The Morgan fingerprint density at radius 3 is 1.79 bits per heavy atom. The Labute approximate surface area is 194 Å². The molecule has 0 radical (unpaired) electrons. The molecule has 0 aliphatic carbocycles. The van der Waals surface area contributed by atoms with Crippen LogP contribution < -0.4 is 4.90 Å². The predicted molar refractivity (Wildman–Crippen MR) is 119 cm³/mol. The highest BCUT2D eigenvalue weighted by Gasteiger charge is 2.32. The normalized spacial score (nSPS) is 15.7. The molecule has 1 aliphatic heterocycles. The van der Waals surface area contributed by atoms with Gasteiger partial charge in [0.05, 0.1) is 11.1 Å². The van der Waals surface area contributed by atoms with Crippen molar-refractivity contribution in [2.45, 2.75) is 32.7 Å². The topological polar surface area (TPSA) is 11.4 Å². The fourth-order valence-electron chi connectivity index (χ4n) is 4.49. The van der Waals surface area contributed by atoms with E-state index in [-0.39, 0.29) is 0 Å². The van der Waals surface area contributed by atoms with Crippen molar-refractivity contribution in [1.82, 2.24) is 9.47 Å². The second-order valence-corrected chi connectivity index (χ2v) is 8.59. The first-order valence-corrected chi connectivity index (χ1v) is 10.9. The Kier molecular flexibility index (Phi) is 6.42. The Balaban J connectivity index is 1.46. The third-order valence-electron chi connectivity index (χ3n) is 6.27. The number of nitrogens with zero attached hydrogens (tertiary/aromatic N) is 3. The number of rotatable bonds is 4. The smallest absolute Gasteiger partial charge is 0.369 e. The minimum atomic E-state index is -4.41. The lowest BCUT2D eigenvalue weighted by atomic mass is 10.1. The number of halogens is 6. The van der Waals surface area contributed by atoms with Gasteiger partial charge >= 0.3 is 12.4 Å². The summed E-state index contributed by atoms with van der Waals surface area (Å²) >= 11 is 0. The number of hydrogen-bond acceptors (Lipinski definition) is 2. The van der Waals surface area contributed by atoms with Crippen LogP contribution in [0.5, 0.6) is 0 Å². The van der Waals surface area contributed by atoms with Crippen LogP contribution in [-0.2, 0) is 18.9 Å². The molecule has 3 aromatic rings. The van der Waals surface area contributed by atoms with Gasteiger partial charge in [-0.3, -0.25) is 4.90 Å². The SMILES string of the molecule is Cc1cc(CN2CCN(c3cccc(C(F)(F)F)c3)CC2)c(C)n1-c1cccc(C(F)(F)F)c1. The number of aromatic nitrogens is 1. The third kappa shape index (κ3) is 5.09. The minimum Gasteiger partial charge on any atom is -0.369 e.